The molecule has 20 heavy (non-hydrogen) atoms. The van der Waals surface area contributed by atoms with Crippen LogP contribution in [0.25, 0.3) is 0 Å². The SMILES string of the molecule is CCNc1ccnc(C(=O)NCC(=O)NCC(C)C)c1. The van der Waals surface area contributed by atoms with E-state index in [1.807, 2.05) is 20.8 Å². The number of pyridine rings is 1. The number of aromatic nitrogens is 1. The van der Waals surface area contributed by atoms with Crippen molar-refractivity contribution in [3.8, 4) is 0 Å². The second-order valence-corrected chi connectivity index (χ2v) is 4.84. The number of hydrogen-bond acceptors (Lipinski definition) is 4. The predicted octanol–water partition coefficient (Wildman–Crippen LogP) is 1.02. The first-order valence-electron chi connectivity index (χ1n) is 6.77. The fraction of sp³-hybridized carbons (Fsp3) is 0.500. The topological polar surface area (TPSA) is 83.1 Å². The third-order valence-corrected chi connectivity index (χ3v) is 2.49. The van der Waals surface area contributed by atoms with Gasteiger partial charge in [-0.25, -0.2) is 0 Å². The molecular weight excluding hydrogens is 256 g/mol. The van der Waals surface area contributed by atoms with E-state index in [-0.39, 0.29) is 18.4 Å². The van der Waals surface area contributed by atoms with Gasteiger partial charge in [0, 0.05) is 25.0 Å². The standard InChI is InChI=1S/C14H22N4O2/c1-4-15-11-5-6-16-12(7-11)14(20)18-9-13(19)17-8-10(2)3/h5-7,10H,4,8-9H2,1-3H3,(H,15,16)(H,17,19)(H,18,20). The minimum Gasteiger partial charge on any atom is -0.385 e. The number of nitrogens with one attached hydrogen (secondary N) is 3. The van der Waals surface area contributed by atoms with Crippen LogP contribution in [0.15, 0.2) is 18.3 Å². The highest BCUT2D eigenvalue weighted by Crippen LogP contribution is 2.07. The second kappa shape index (κ2) is 8.14. The van der Waals surface area contributed by atoms with Crippen LogP contribution in [-0.4, -0.2) is 36.4 Å². The van der Waals surface area contributed by atoms with Gasteiger partial charge < -0.3 is 16.0 Å². The monoisotopic (exact) mass is 278 g/mol. The molecule has 6 heteroatoms. The van der Waals surface area contributed by atoms with Gasteiger partial charge in [0.05, 0.1) is 6.54 Å². The van der Waals surface area contributed by atoms with Crippen molar-refractivity contribution in [3.05, 3.63) is 24.0 Å². The summed E-state index contributed by atoms with van der Waals surface area (Å²) in [6.45, 7) is 7.31. The molecule has 6 nitrogen and oxygen atoms in total. The molecule has 0 bridgehead atoms. The number of hydrogen-bond donors (Lipinski definition) is 3. The summed E-state index contributed by atoms with van der Waals surface area (Å²) in [4.78, 5) is 27.3. The normalized spacial score (nSPS) is 10.2. The molecule has 110 valence electrons. The number of carbonyl (C=O) groups excluding carboxylic acids is 2. The molecule has 0 spiro atoms. The van der Waals surface area contributed by atoms with Gasteiger partial charge in [-0.2, -0.15) is 0 Å². The summed E-state index contributed by atoms with van der Waals surface area (Å²) in [6.07, 6.45) is 1.56. The minimum absolute atomic E-state index is 0.0430. The van der Waals surface area contributed by atoms with Gasteiger partial charge in [-0.3, -0.25) is 14.6 Å². The molecule has 0 atom stereocenters. The average molecular weight is 278 g/mol. The lowest BCUT2D eigenvalue weighted by atomic mass is 10.2. The Morgan fingerprint density at radius 3 is 2.70 bits per heavy atom. The molecule has 1 rings (SSSR count). The molecule has 0 aliphatic rings. The Morgan fingerprint density at radius 2 is 2.05 bits per heavy atom. The van der Waals surface area contributed by atoms with E-state index in [9.17, 15) is 9.59 Å². The fourth-order valence-electron chi connectivity index (χ4n) is 1.50. The zero-order valence-electron chi connectivity index (χ0n) is 12.2. The van der Waals surface area contributed by atoms with Crippen molar-refractivity contribution >= 4 is 17.5 Å². The maximum Gasteiger partial charge on any atom is 0.270 e. The number of rotatable bonds is 7. The van der Waals surface area contributed by atoms with E-state index >= 15 is 0 Å². The van der Waals surface area contributed by atoms with Crippen molar-refractivity contribution in [1.82, 2.24) is 15.6 Å². The Hall–Kier alpha value is -2.11. The molecule has 0 aliphatic carbocycles. The number of carbonyl (C=O) groups is 2. The molecular formula is C14H22N4O2. The van der Waals surface area contributed by atoms with Crippen LogP contribution < -0.4 is 16.0 Å². The first kappa shape index (κ1) is 15.9. The molecule has 0 fully saturated rings. The highest BCUT2D eigenvalue weighted by Gasteiger charge is 2.09. The molecule has 1 aromatic heterocycles. The maximum atomic E-state index is 11.9. The van der Waals surface area contributed by atoms with Crippen LogP contribution in [0.5, 0.6) is 0 Å². The van der Waals surface area contributed by atoms with Crippen LogP contribution in [-0.2, 0) is 4.79 Å². The summed E-state index contributed by atoms with van der Waals surface area (Å²) >= 11 is 0. The van der Waals surface area contributed by atoms with Crippen molar-refractivity contribution in [3.63, 3.8) is 0 Å². The lowest BCUT2D eigenvalue weighted by Crippen LogP contribution is -2.38. The van der Waals surface area contributed by atoms with E-state index in [0.29, 0.717) is 18.2 Å². The van der Waals surface area contributed by atoms with Crippen molar-refractivity contribution in [2.24, 2.45) is 5.92 Å². The van der Waals surface area contributed by atoms with Gasteiger partial charge in [0.2, 0.25) is 5.91 Å². The van der Waals surface area contributed by atoms with E-state index in [1.165, 1.54) is 0 Å². The highest BCUT2D eigenvalue weighted by atomic mass is 16.2. The summed E-state index contributed by atoms with van der Waals surface area (Å²) in [6, 6.07) is 3.44. The molecule has 0 saturated heterocycles. The molecule has 1 heterocycles. The Kier molecular flexibility index (Phi) is 6.49. The van der Waals surface area contributed by atoms with Gasteiger partial charge in [-0.15, -0.1) is 0 Å². The summed E-state index contributed by atoms with van der Waals surface area (Å²) < 4.78 is 0. The quantitative estimate of drug-likeness (QED) is 0.695. The maximum absolute atomic E-state index is 11.9. The third-order valence-electron chi connectivity index (χ3n) is 2.49. The van der Waals surface area contributed by atoms with Crippen LogP contribution in [0.3, 0.4) is 0 Å². The van der Waals surface area contributed by atoms with Crippen LogP contribution in [0.2, 0.25) is 0 Å². The van der Waals surface area contributed by atoms with Crippen molar-refractivity contribution < 1.29 is 9.59 Å². The summed E-state index contributed by atoms with van der Waals surface area (Å²) in [7, 11) is 0. The van der Waals surface area contributed by atoms with E-state index in [0.717, 1.165) is 12.2 Å². The van der Waals surface area contributed by atoms with Crippen LogP contribution in [0.4, 0.5) is 5.69 Å². The Balaban J connectivity index is 2.46. The molecule has 0 aromatic carbocycles. The third kappa shape index (κ3) is 5.69. The molecule has 0 saturated carbocycles. The van der Waals surface area contributed by atoms with Crippen molar-refractivity contribution in [2.75, 3.05) is 25.0 Å². The lowest BCUT2D eigenvalue weighted by Gasteiger charge is -2.09. The number of anilines is 1. The largest absolute Gasteiger partial charge is 0.385 e. The van der Waals surface area contributed by atoms with Gasteiger partial charge in [0.15, 0.2) is 0 Å². The van der Waals surface area contributed by atoms with E-state index < -0.39 is 0 Å². The van der Waals surface area contributed by atoms with Gasteiger partial charge in [-0.05, 0) is 25.0 Å². The Labute approximate surface area is 119 Å². The van der Waals surface area contributed by atoms with Crippen LogP contribution in [0, 0.1) is 5.92 Å². The van der Waals surface area contributed by atoms with Gasteiger partial charge in [-0.1, -0.05) is 13.8 Å². The van der Waals surface area contributed by atoms with E-state index in [1.54, 1.807) is 18.3 Å². The molecule has 0 aliphatic heterocycles. The summed E-state index contributed by atoms with van der Waals surface area (Å²) in [5, 5.41) is 8.39. The predicted molar refractivity (Wildman–Crippen MR) is 78.6 cm³/mol. The average Bonchev–Trinajstić information content (AvgIpc) is 2.43. The van der Waals surface area contributed by atoms with Crippen molar-refractivity contribution in [1.29, 1.82) is 0 Å². The smallest absolute Gasteiger partial charge is 0.270 e. The molecule has 0 unspecified atom stereocenters. The fourth-order valence-corrected chi connectivity index (χ4v) is 1.50. The highest BCUT2D eigenvalue weighted by molar-refractivity contribution is 5.95. The van der Waals surface area contributed by atoms with Gasteiger partial charge in [0.25, 0.3) is 5.91 Å². The number of nitrogens with zero attached hydrogens (tertiary/aromatic N) is 1. The minimum atomic E-state index is -0.357. The molecule has 1 aromatic rings. The number of amides is 2. The van der Waals surface area contributed by atoms with Crippen LogP contribution >= 0.6 is 0 Å². The van der Waals surface area contributed by atoms with Gasteiger partial charge >= 0.3 is 0 Å². The zero-order chi connectivity index (χ0) is 15.0. The summed E-state index contributed by atoms with van der Waals surface area (Å²) in [5.41, 5.74) is 1.12. The van der Waals surface area contributed by atoms with E-state index in [2.05, 4.69) is 20.9 Å². The summed E-state index contributed by atoms with van der Waals surface area (Å²) in [5.74, 6) is -0.174. The zero-order valence-corrected chi connectivity index (χ0v) is 12.2. The molecule has 0 radical (unpaired) electrons. The van der Waals surface area contributed by atoms with Gasteiger partial charge in [0.1, 0.15) is 5.69 Å². The first-order chi connectivity index (χ1) is 9.52. The molecule has 3 N–H and O–H groups in total. The molecule has 2 amide bonds. The van der Waals surface area contributed by atoms with Crippen LogP contribution in [0.1, 0.15) is 31.3 Å². The second-order valence-electron chi connectivity index (χ2n) is 4.84. The van der Waals surface area contributed by atoms with Crippen molar-refractivity contribution in [2.45, 2.75) is 20.8 Å². The first-order valence-corrected chi connectivity index (χ1v) is 6.77. The Bertz CT molecular complexity index is 460. The Morgan fingerprint density at radius 1 is 1.30 bits per heavy atom. The lowest BCUT2D eigenvalue weighted by molar-refractivity contribution is -0.120. The van der Waals surface area contributed by atoms with E-state index in [4.69, 9.17) is 0 Å².